The van der Waals surface area contributed by atoms with Gasteiger partial charge in [0.25, 0.3) is 0 Å². The Morgan fingerprint density at radius 1 is 0.800 bits per heavy atom. The topological polar surface area (TPSA) is 56.8 Å². The van der Waals surface area contributed by atoms with Crippen molar-refractivity contribution < 1.29 is 19.0 Å². The van der Waals surface area contributed by atoms with Gasteiger partial charge in [0.15, 0.2) is 0 Å². The standard InChI is InChI=1S/C30H29NO4/c32-30(24-7-2-1-3-8-24)34-19-18-33-26-13-11-23(12-14-26)28-16-17-31-21-29(28)35-27-15-10-22-6-4-5-9-25(22)20-27/h1-15,20,28-29,31H,16-19,21H2. The second-order valence-electron chi connectivity index (χ2n) is 8.68. The maximum Gasteiger partial charge on any atom is 0.338 e. The summed E-state index contributed by atoms with van der Waals surface area (Å²) in [7, 11) is 0. The number of piperidine rings is 1. The van der Waals surface area contributed by atoms with Crippen molar-refractivity contribution in [3.63, 3.8) is 0 Å². The molecule has 2 atom stereocenters. The minimum atomic E-state index is -0.340. The highest BCUT2D eigenvalue weighted by atomic mass is 16.6. The lowest BCUT2D eigenvalue weighted by atomic mass is 9.87. The zero-order chi connectivity index (χ0) is 23.9. The Bertz CT molecular complexity index is 1260. The van der Waals surface area contributed by atoms with Crippen LogP contribution in [0, 0.1) is 0 Å². The van der Waals surface area contributed by atoms with Gasteiger partial charge in [-0.05, 0) is 65.7 Å². The lowest BCUT2D eigenvalue weighted by Gasteiger charge is -2.33. The molecule has 0 spiro atoms. The Balaban J connectivity index is 1.16. The fraction of sp³-hybridized carbons (Fsp3) is 0.233. The molecule has 1 N–H and O–H groups in total. The molecule has 178 valence electrons. The molecule has 4 aromatic rings. The van der Waals surface area contributed by atoms with Gasteiger partial charge in [-0.25, -0.2) is 4.79 Å². The van der Waals surface area contributed by atoms with Gasteiger partial charge in [0, 0.05) is 12.5 Å². The number of fused-ring (bicyclic) bond motifs is 1. The molecule has 4 aromatic carbocycles. The summed E-state index contributed by atoms with van der Waals surface area (Å²) in [6, 6.07) is 31.7. The average molecular weight is 468 g/mol. The number of ether oxygens (including phenoxy) is 3. The summed E-state index contributed by atoms with van der Waals surface area (Å²) >= 11 is 0. The zero-order valence-electron chi connectivity index (χ0n) is 19.6. The fourth-order valence-electron chi connectivity index (χ4n) is 4.51. The molecular weight excluding hydrogens is 438 g/mol. The van der Waals surface area contributed by atoms with Crippen molar-refractivity contribution in [1.82, 2.24) is 5.32 Å². The van der Waals surface area contributed by atoms with Crippen LogP contribution in [0.4, 0.5) is 0 Å². The summed E-state index contributed by atoms with van der Waals surface area (Å²) in [4.78, 5) is 12.0. The molecule has 1 heterocycles. The molecule has 0 amide bonds. The largest absolute Gasteiger partial charge is 0.490 e. The molecule has 0 aromatic heterocycles. The highest BCUT2D eigenvalue weighted by Crippen LogP contribution is 2.31. The highest BCUT2D eigenvalue weighted by molar-refractivity contribution is 5.89. The SMILES string of the molecule is O=C(OCCOc1ccc(C2CCNCC2Oc2ccc3ccccc3c2)cc1)c1ccccc1. The smallest absolute Gasteiger partial charge is 0.338 e. The summed E-state index contributed by atoms with van der Waals surface area (Å²) < 4.78 is 17.5. The lowest BCUT2D eigenvalue weighted by Crippen LogP contribution is -2.42. The van der Waals surface area contributed by atoms with Crippen LogP contribution in [0.15, 0.2) is 97.1 Å². The van der Waals surface area contributed by atoms with Gasteiger partial charge in [-0.15, -0.1) is 0 Å². The van der Waals surface area contributed by atoms with E-state index in [0.29, 0.717) is 18.1 Å². The summed E-state index contributed by atoms with van der Waals surface area (Å²) in [6.45, 7) is 2.28. The van der Waals surface area contributed by atoms with Gasteiger partial charge in [0.2, 0.25) is 0 Å². The van der Waals surface area contributed by atoms with Crippen molar-refractivity contribution in [3.05, 3.63) is 108 Å². The quantitative estimate of drug-likeness (QED) is 0.270. The Hall–Kier alpha value is -3.83. The second-order valence-corrected chi connectivity index (χ2v) is 8.68. The van der Waals surface area contributed by atoms with E-state index in [4.69, 9.17) is 14.2 Å². The van der Waals surface area contributed by atoms with E-state index in [0.717, 1.165) is 31.0 Å². The van der Waals surface area contributed by atoms with E-state index in [1.807, 2.05) is 36.4 Å². The first kappa shape index (κ1) is 22.9. The molecule has 0 bridgehead atoms. The number of benzene rings is 4. The maximum atomic E-state index is 12.0. The van der Waals surface area contributed by atoms with Crippen LogP contribution in [0.2, 0.25) is 0 Å². The number of esters is 1. The highest BCUT2D eigenvalue weighted by Gasteiger charge is 2.28. The zero-order valence-corrected chi connectivity index (χ0v) is 19.6. The predicted molar refractivity (Wildman–Crippen MR) is 137 cm³/mol. The average Bonchev–Trinajstić information content (AvgIpc) is 2.92. The summed E-state index contributed by atoms with van der Waals surface area (Å²) in [5.74, 6) is 1.61. The molecule has 1 saturated heterocycles. The second kappa shape index (κ2) is 11.1. The van der Waals surface area contributed by atoms with E-state index < -0.39 is 0 Å². The van der Waals surface area contributed by atoms with Crippen LogP contribution in [-0.2, 0) is 4.74 Å². The molecule has 1 aliphatic heterocycles. The molecule has 5 rings (SSSR count). The van der Waals surface area contributed by atoms with Crippen molar-refractivity contribution in [2.75, 3.05) is 26.3 Å². The van der Waals surface area contributed by atoms with Crippen molar-refractivity contribution in [3.8, 4) is 11.5 Å². The van der Waals surface area contributed by atoms with Gasteiger partial charge < -0.3 is 19.5 Å². The molecule has 0 radical (unpaired) electrons. The number of rotatable bonds is 8. The first-order valence-corrected chi connectivity index (χ1v) is 12.1. The predicted octanol–water partition coefficient (Wildman–Crippen LogP) is 5.60. The molecule has 0 aliphatic carbocycles. The van der Waals surface area contributed by atoms with Crippen LogP contribution in [-0.4, -0.2) is 38.4 Å². The Morgan fingerprint density at radius 3 is 2.37 bits per heavy atom. The Kier molecular flexibility index (Phi) is 7.25. The molecule has 35 heavy (non-hydrogen) atoms. The van der Waals surface area contributed by atoms with Gasteiger partial charge in [0.1, 0.15) is 30.8 Å². The minimum Gasteiger partial charge on any atom is -0.490 e. The molecule has 2 unspecified atom stereocenters. The molecule has 0 saturated carbocycles. The maximum absolute atomic E-state index is 12.0. The summed E-state index contributed by atoms with van der Waals surface area (Å²) in [5.41, 5.74) is 1.78. The summed E-state index contributed by atoms with van der Waals surface area (Å²) in [6.07, 6.45) is 1.06. The van der Waals surface area contributed by atoms with Crippen LogP contribution in [0.1, 0.15) is 28.3 Å². The van der Waals surface area contributed by atoms with Gasteiger partial charge in [-0.1, -0.05) is 60.7 Å². The van der Waals surface area contributed by atoms with Gasteiger partial charge in [-0.2, -0.15) is 0 Å². The monoisotopic (exact) mass is 467 g/mol. The third-order valence-electron chi connectivity index (χ3n) is 6.34. The van der Waals surface area contributed by atoms with Gasteiger partial charge in [0.05, 0.1) is 5.56 Å². The van der Waals surface area contributed by atoms with E-state index >= 15 is 0 Å². The minimum absolute atomic E-state index is 0.0501. The van der Waals surface area contributed by atoms with E-state index in [-0.39, 0.29) is 18.7 Å². The van der Waals surface area contributed by atoms with E-state index in [9.17, 15) is 4.79 Å². The molecule has 5 heteroatoms. The first-order valence-electron chi connectivity index (χ1n) is 12.1. The van der Waals surface area contributed by atoms with Crippen LogP contribution >= 0.6 is 0 Å². The van der Waals surface area contributed by atoms with Gasteiger partial charge >= 0.3 is 5.97 Å². The number of hydrogen-bond acceptors (Lipinski definition) is 5. The third kappa shape index (κ3) is 5.81. The van der Waals surface area contributed by atoms with Crippen LogP contribution in [0.3, 0.4) is 0 Å². The summed E-state index contributed by atoms with van der Waals surface area (Å²) in [5, 5.41) is 5.86. The van der Waals surface area contributed by atoms with E-state index in [1.54, 1.807) is 12.1 Å². The molecule has 1 fully saturated rings. The van der Waals surface area contributed by atoms with Crippen LogP contribution in [0.5, 0.6) is 11.5 Å². The first-order chi connectivity index (χ1) is 17.3. The third-order valence-corrected chi connectivity index (χ3v) is 6.34. The van der Waals surface area contributed by atoms with Crippen molar-refractivity contribution in [2.45, 2.75) is 18.4 Å². The molecule has 1 aliphatic rings. The van der Waals surface area contributed by atoms with E-state index in [1.165, 1.54) is 16.3 Å². The number of carbonyl (C=O) groups excluding carboxylic acids is 1. The number of nitrogens with one attached hydrogen (secondary N) is 1. The molecular formula is C30H29NO4. The van der Waals surface area contributed by atoms with Crippen molar-refractivity contribution >= 4 is 16.7 Å². The van der Waals surface area contributed by atoms with E-state index in [2.05, 4.69) is 53.8 Å². The number of carbonyl (C=O) groups is 1. The molecule has 5 nitrogen and oxygen atoms in total. The van der Waals surface area contributed by atoms with Gasteiger partial charge in [-0.3, -0.25) is 0 Å². The van der Waals surface area contributed by atoms with Crippen molar-refractivity contribution in [1.29, 1.82) is 0 Å². The fourth-order valence-corrected chi connectivity index (χ4v) is 4.51. The van der Waals surface area contributed by atoms with Crippen LogP contribution < -0.4 is 14.8 Å². The Morgan fingerprint density at radius 2 is 1.54 bits per heavy atom. The Labute approximate surface area is 205 Å². The lowest BCUT2D eigenvalue weighted by molar-refractivity contribution is 0.0450. The van der Waals surface area contributed by atoms with Crippen LogP contribution in [0.25, 0.3) is 10.8 Å². The van der Waals surface area contributed by atoms with Crippen molar-refractivity contribution in [2.24, 2.45) is 0 Å². The normalized spacial score (nSPS) is 17.6. The number of hydrogen-bond donors (Lipinski definition) is 1.